The second kappa shape index (κ2) is 4.96. The molecule has 2 N–H and O–H groups in total. The number of amides is 1. The Morgan fingerprint density at radius 3 is 3.13 bits per heavy atom. The fourth-order valence-electron chi connectivity index (χ4n) is 1.57. The summed E-state index contributed by atoms with van der Waals surface area (Å²) >= 11 is 0. The fraction of sp³-hybridized carbons (Fsp3) is 0.636. The van der Waals surface area contributed by atoms with E-state index < -0.39 is 0 Å². The number of aromatic amines is 1. The number of carbonyl (C=O) groups excluding carboxylic acids is 1. The number of H-pyrrole nitrogens is 1. The summed E-state index contributed by atoms with van der Waals surface area (Å²) < 4.78 is 0. The average Bonchev–Trinajstić information content (AvgIpc) is 2.87. The molecule has 0 radical (unpaired) electrons. The van der Waals surface area contributed by atoms with Gasteiger partial charge in [-0.2, -0.15) is 0 Å². The third kappa shape index (κ3) is 3.73. The van der Waals surface area contributed by atoms with Crippen molar-refractivity contribution in [3.8, 4) is 0 Å². The van der Waals surface area contributed by atoms with E-state index in [1.165, 1.54) is 12.8 Å². The van der Waals surface area contributed by atoms with E-state index in [1.807, 2.05) is 6.20 Å². The SMILES string of the molecule is O=C(CC1CC1)NCCCc1ncc[nH]1. The van der Waals surface area contributed by atoms with Gasteiger partial charge in [0.25, 0.3) is 0 Å². The lowest BCUT2D eigenvalue weighted by Crippen LogP contribution is -2.24. The first kappa shape index (κ1) is 10.2. The van der Waals surface area contributed by atoms with Crippen LogP contribution in [0.3, 0.4) is 0 Å². The van der Waals surface area contributed by atoms with E-state index in [0.717, 1.165) is 31.6 Å². The fourth-order valence-corrected chi connectivity index (χ4v) is 1.57. The van der Waals surface area contributed by atoms with Gasteiger partial charge < -0.3 is 10.3 Å². The summed E-state index contributed by atoms with van der Waals surface area (Å²) in [5, 5.41) is 2.94. The van der Waals surface area contributed by atoms with E-state index in [0.29, 0.717) is 5.92 Å². The highest BCUT2D eigenvalue weighted by Crippen LogP contribution is 2.31. The van der Waals surface area contributed by atoms with Crippen LogP contribution >= 0.6 is 0 Å². The van der Waals surface area contributed by atoms with Crippen LogP contribution in [0.4, 0.5) is 0 Å². The number of hydrogen-bond acceptors (Lipinski definition) is 2. The molecule has 4 nitrogen and oxygen atoms in total. The van der Waals surface area contributed by atoms with Crippen molar-refractivity contribution in [3.05, 3.63) is 18.2 Å². The smallest absolute Gasteiger partial charge is 0.220 e. The molecule has 1 aliphatic carbocycles. The lowest BCUT2D eigenvalue weighted by Gasteiger charge is -2.03. The molecule has 1 fully saturated rings. The Bertz CT molecular complexity index is 304. The molecule has 1 aliphatic rings. The Hall–Kier alpha value is -1.32. The molecule has 0 bridgehead atoms. The van der Waals surface area contributed by atoms with Crippen LogP contribution in [0.5, 0.6) is 0 Å². The number of aromatic nitrogens is 2. The van der Waals surface area contributed by atoms with Crippen LogP contribution < -0.4 is 5.32 Å². The van der Waals surface area contributed by atoms with Crippen molar-refractivity contribution in [2.75, 3.05) is 6.54 Å². The van der Waals surface area contributed by atoms with Crippen molar-refractivity contribution in [2.24, 2.45) is 5.92 Å². The predicted octanol–water partition coefficient (Wildman–Crippen LogP) is 1.26. The molecular formula is C11H17N3O. The molecule has 0 spiro atoms. The van der Waals surface area contributed by atoms with Crippen LogP contribution in [0.2, 0.25) is 0 Å². The molecule has 1 saturated carbocycles. The quantitative estimate of drug-likeness (QED) is 0.690. The Kier molecular flexibility index (Phi) is 3.37. The highest BCUT2D eigenvalue weighted by atomic mass is 16.1. The van der Waals surface area contributed by atoms with Crippen molar-refractivity contribution in [3.63, 3.8) is 0 Å². The zero-order valence-corrected chi connectivity index (χ0v) is 8.83. The second-order valence-electron chi connectivity index (χ2n) is 4.14. The first-order valence-corrected chi connectivity index (χ1v) is 5.59. The Balaban J connectivity index is 1.52. The predicted molar refractivity (Wildman–Crippen MR) is 57.3 cm³/mol. The monoisotopic (exact) mass is 207 g/mol. The Labute approximate surface area is 89.5 Å². The maximum atomic E-state index is 11.3. The van der Waals surface area contributed by atoms with E-state index in [-0.39, 0.29) is 5.91 Å². The molecule has 4 heteroatoms. The molecule has 0 aliphatic heterocycles. The number of aryl methyl sites for hydroxylation is 1. The van der Waals surface area contributed by atoms with Crippen molar-refractivity contribution in [1.82, 2.24) is 15.3 Å². The maximum absolute atomic E-state index is 11.3. The summed E-state index contributed by atoms with van der Waals surface area (Å²) in [7, 11) is 0. The summed E-state index contributed by atoms with van der Waals surface area (Å²) in [6.07, 6.45) is 8.61. The first-order chi connectivity index (χ1) is 7.34. The Morgan fingerprint density at radius 2 is 2.47 bits per heavy atom. The summed E-state index contributed by atoms with van der Waals surface area (Å²) in [5.74, 6) is 1.87. The number of carbonyl (C=O) groups is 1. The van der Waals surface area contributed by atoms with Crippen LogP contribution in [-0.2, 0) is 11.2 Å². The van der Waals surface area contributed by atoms with Crippen molar-refractivity contribution in [2.45, 2.75) is 32.1 Å². The zero-order chi connectivity index (χ0) is 10.5. The van der Waals surface area contributed by atoms with E-state index in [1.54, 1.807) is 6.20 Å². The van der Waals surface area contributed by atoms with E-state index in [9.17, 15) is 4.79 Å². The zero-order valence-electron chi connectivity index (χ0n) is 8.83. The van der Waals surface area contributed by atoms with E-state index in [2.05, 4.69) is 15.3 Å². The third-order valence-electron chi connectivity index (χ3n) is 2.64. The molecule has 1 amide bonds. The first-order valence-electron chi connectivity index (χ1n) is 5.59. The van der Waals surface area contributed by atoms with Crippen LogP contribution in [0.15, 0.2) is 12.4 Å². The molecule has 0 aromatic carbocycles. The summed E-state index contributed by atoms with van der Waals surface area (Å²) in [6, 6.07) is 0. The van der Waals surface area contributed by atoms with Crippen LogP contribution in [0, 0.1) is 5.92 Å². The minimum absolute atomic E-state index is 0.206. The van der Waals surface area contributed by atoms with Crippen molar-refractivity contribution < 1.29 is 4.79 Å². The third-order valence-corrected chi connectivity index (χ3v) is 2.64. The highest BCUT2D eigenvalue weighted by Gasteiger charge is 2.23. The lowest BCUT2D eigenvalue weighted by atomic mass is 10.2. The van der Waals surface area contributed by atoms with Crippen LogP contribution in [-0.4, -0.2) is 22.4 Å². The van der Waals surface area contributed by atoms with Gasteiger partial charge in [-0.3, -0.25) is 4.79 Å². The van der Waals surface area contributed by atoms with Gasteiger partial charge in [-0.05, 0) is 25.2 Å². The summed E-state index contributed by atoms with van der Waals surface area (Å²) in [6.45, 7) is 0.756. The van der Waals surface area contributed by atoms with Gasteiger partial charge in [0.1, 0.15) is 5.82 Å². The van der Waals surface area contributed by atoms with Gasteiger partial charge in [0.05, 0.1) is 0 Å². The van der Waals surface area contributed by atoms with Gasteiger partial charge in [-0.25, -0.2) is 4.98 Å². The summed E-state index contributed by atoms with van der Waals surface area (Å²) in [4.78, 5) is 18.5. The van der Waals surface area contributed by atoms with Gasteiger partial charge in [0.15, 0.2) is 0 Å². The number of nitrogens with one attached hydrogen (secondary N) is 2. The molecule has 82 valence electrons. The molecule has 0 saturated heterocycles. The normalized spacial score (nSPS) is 15.2. The molecule has 0 atom stereocenters. The molecule has 1 aromatic heterocycles. The number of hydrogen-bond donors (Lipinski definition) is 2. The van der Waals surface area contributed by atoms with Gasteiger partial charge in [0, 0.05) is 31.8 Å². The van der Waals surface area contributed by atoms with E-state index in [4.69, 9.17) is 0 Å². The van der Waals surface area contributed by atoms with Gasteiger partial charge >= 0.3 is 0 Å². The molecule has 1 aromatic rings. The van der Waals surface area contributed by atoms with Gasteiger partial charge in [0.2, 0.25) is 5.91 Å². The minimum Gasteiger partial charge on any atom is -0.356 e. The number of rotatable bonds is 6. The van der Waals surface area contributed by atoms with Gasteiger partial charge in [-0.1, -0.05) is 0 Å². The van der Waals surface area contributed by atoms with Crippen molar-refractivity contribution >= 4 is 5.91 Å². The van der Waals surface area contributed by atoms with E-state index >= 15 is 0 Å². The topological polar surface area (TPSA) is 57.8 Å². The molecular weight excluding hydrogens is 190 g/mol. The van der Waals surface area contributed by atoms with Crippen LogP contribution in [0.1, 0.15) is 31.5 Å². The number of nitrogens with zero attached hydrogens (tertiary/aromatic N) is 1. The number of imidazole rings is 1. The second-order valence-corrected chi connectivity index (χ2v) is 4.14. The summed E-state index contributed by atoms with van der Waals surface area (Å²) in [5.41, 5.74) is 0. The largest absolute Gasteiger partial charge is 0.356 e. The van der Waals surface area contributed by atoms with Gasteiger partial charge in [-0.15, -0.1) is 0 Å². The lowest BCUT2D eigenvalue weighted by molar-refractivity contribution is -0.121. The highest BCUT2D eigenvalue weighted by molar-refractivity contribution is 5.76. The molecule has 2 rings (SSSR count). The average molecular weight is 207 g/mol. The molecule has 0 unspecified atom stereocenters. The van der Waals surface area contributed by atoms with Crippen LogP contribution in [0.25, 0.3) is 0 Å². The van der Waals surface area contributed by atoms with Crippen molar-refractivity contribution in [1.29, 1.82) is 0 Å². The minimum atomic E-state index is 0.206. The molecule has 15 heavy (non-hydrogen) atoms. The standard InChI is InChI=1S/C11H17N3O/c15-11(8-9-3-4-9)14-5-1-2-10-12-6-7-13-10/h6-7,9H,1-5,8H2,(H,12,13)(H,14,15). The maximum Gasteiger partial charge on any atom is 0.220 e. The molecule has 1 heterocycles. The Morgan fingerprint density at radius 1 is 1.60 bits per heavy atom.